The van der Waals surface area contributed by atoms with Gasteiger partial charge in [-0.15, -0.1) is 0 Å². The number of nitrogens with zero attached hydrogens (tertiary/aromatic N) is 2. The second-order valence-electron chi connectivity index (χ2n) is 7.98. The summed E-state index contributed by atoms with van der Waals surface area (Å²) in [5.74, 6) is -0.288. The molecule has 0 bridgehead atoms. The van der Waals surface area contributed by atoms with Crippen molar-refractivity contribution in [3.63, 3.8) is 0 Å². The fourth-order valence-corrected chi connectivity index (χ4v) is 4.52. The molecule has 2 aromatic carbocycles. The maximum absolute atomic E-state index is 12.7. The van der Waals surface area contributed by atoms with Gasteiger partial charge in [-0.1, -0.05) is 60.7 Å². The number of nitrogens with one attached hydrogen (secondary N) is 1. The molecule has 0 aliphatic carbocycles. The molecule has 0 unspecified atom stereocenters. The van der Waals surface area contributed by atoms with Crippen LogP contribution in [-0.4, -0.2) is 60.2 Å². The highest BCUT2D eigenvalue weighted by atomic mass is 16.2. The Morgan fingerprint density at radius 3 is 1.83 bits per heavy atom. The van der Waals surface area contributed by atoms with Gasteiger partial charge in [0.2, 0.25) is 17.7 Å². The van der Waals surface area contributed by atoms with Crippen LogP contribution in [0, 0.1) is 0 Å². The number of benzene rings is 2. The van der Waals surface area contributed by atoms with Gasteiger partial charge < -0.3 is 9.80 Å². The standard InChI is InChI=1S/C24H27N3O3/c28-21(13-14-27-22(29)11-12-23(27)30)25-15-17-26(18-16-25)24(19-7-3-1-4-8-19)20-9-5-2-6-10-20/h1-10,24H,11-18H2/p+1. The molecule has 0 aromatic heterocycles. The summed E-state index contributed by atoms with van der Waals surface area (Å²) in [5, 5.41) is 0. The first-order chi connectivity index (χ1) is 14.6. The summed E-state index contributed by atoms with van der Waals surface area (Å²) in [6.07, 6.45) is 0.762. The summed E-state index contributed by atoms with van der Waals surface area (Å²) in [7, 11) is 0. The summed E-state index contributed by atoms with van der Waals surface area (Å²) in [6, 6.07) is 21.3. The van der Waals surface area contributed by atoms with Gasteiger partial charge in [0, 0.05) is 36.9 Å². The van der Waals surface area contributed by atoms with Crippen molar-refractivity contribution >= 4 is 17.7 Å². The molecule has 0 spiro atoms. The van der Waals surface area contributed by atoms with Crippen LogP contribution in [0.15, 0.2) is 60.7 Å². The van der Waals surface area contributed by atoms with Gasteiger partial charge in [-0.25, -0.2) is 0 Å². The maximum Gasteiger partial charge on any atom is 0.229 e. The van der Waals surface area contributed by atoms with E-state index in [2.05, 4.69) is 48.5 Å². The molecule has 2 fully saturated rings. The summed E-state index contributed by atoms with van der Waals surface area (Å²) in [5.41, 5.74) is 2.56. The lowest BCUT2D eigenvalue weighted by atomic mass is 9.96. The van der Waals surface area contributed by atoms with Crippen molar-refractivity contribution < 1.29 is 19.3 Å². The number of hydrogen-bond acceptors (Lipinski definition) is 3. The van der Waals surface area contributed by atoms with Crippen molar-refractivity contribution in [2.75, 3.05) is 32.7 Å². The van der Waals surface area contributed by atoms with Gasteiger partial charge in [-0.3, -0.25) is 19.3 Å². The quantitative estimate of drug-likeness (QED) is 0.730. The summed E-state index contributed by atoms with van der Waals surface area (Å²) in [4.78, 5) is 40.7. The number of rotatable bonds is 6. The average molecular weight is 407 g/mol. The van der Waals surface area contributed by atoms with Crippen molar-refractivity contribution in [1.29, 1.82) is 0 Å². The molecule has 4 rings (SSSR count). The number of carbonyl (C=O) groups excluding carboxylic acids is 3. The first kappa shape index (κ1) is 20.3. The number of imide groups is 1. The first-order valence-electron chi connectivity index (χ1n) is 10.7. The number of quaternary nitrogens is 1. The van der Waals surface area contributed by atoms with Crippen LogP contribution in [-0.2, 0) is 14.4 Å². The van der Waals surface area contributed by atoms with Gasteiger partial charge in [0.1, 0.15) is 6.04 Å². The second kappa shape index (κ2) is 9.22. The topological polar surface area (TPSA) is 62.1 Å². The molecule has 6 nitrogen and oxygen atoms in total. The Morgan fingerprint density at radius 2 is 1.33 bits per heavy atom. The third kappa shape index (κ3) is 4.44. The Labute approximate surface area is 177 Å². The zero-order chi connectivity index (χ0) is 20.9. The minimum absolute atomic E-state index is 0.0255. The van der Waals surface area contributed by atoms with E-state index in [4.69, 9.17) is 0 Å². The maximum atomic E-state index is 12.7. The Bertz CT molecular complexity index is 837. The van der Waals surface area contributed by atoms with E-state index in [9.17, 15) is 14.4 Å². The van der Waals surface area contributed by atoms with Crippen molar-refractivity contribution in [3.8, 4) is 0 Å². The fraction of sp³-hybridized carbons (Fsp3) is 0.375. The van der Waals surface area contributed by atoms with Crippen molar-refractivity contribution in [3.05, 3.63) is 71.8 Å². The van der Waals surface area contributed by atoms with E-state index in [0.717, 1.165) is 13.1 Å². The monoisotopic (exact) mass is 406 g/mol. The van der Waals surface area contributed by atoms with E-state index in [-0.39, 0.29) is 49.6 Å². The van der Waals surface area contributed by atoms with Crippen LogP contribution < -0.4 is 4.90 Å². The zero-order valence-corrected chi connectivity index (χ0v) is 17.1. The number of piperazine rings is 1. The summed E-state index contributed by atoms with van der Waals surface area (Å²) < 4.78 is 0. The Kier molecular flexibility index (Phi) is 6.23. The lowest BCUT2D eigenvalue weighted by Crippen LogP contribution is -3.15. The molecule has 156 valence electrons. The SMILES string of the molecule is O=C(CCN1C(=O)CCC1=O)N1CC[NH+](C(c2ccccc2)c2ccccc2)CC1. The fourth-order valence-electron chi connectivity index (χ4n) is 4.52. The summed E-state index contributed by atoms with van der Waals surface area (Å²) >= 11 is 0. The predicted octanol–water partition coefficient (Wildman–Crippen LogP) is 1.04. The highest BCUT2D eigenvalue weighted by molar-refractivity contribution is 6.02. The molecule has 2 aliphatic heterocycles. The average Bonchev–Trinajstić information content (AvgIpc) is 3.11. The predicted molar refractivity (Wildman–Crippen MR) is 113 cm³/mol. The number of hydrogen-bond donors (Lipinski definition) is 1. The van der Waals surface area contributed by atoms with Gasteiger partial charge in [0.15, 0.2) is 0 Å². The Balaban J connectivity index is 1.38. The van der Waals surface area contributed by atoms with Crippen LogP contribution in [0.5, 0.6) is 0 Å². The first-order valence-corrected chi connectivity index (χ1v) is 10.7. The molecular formula is C24H28N3O3+. The molecule has 2 heterocycles. The van der Waals surface area contributed by atoms with E-state index < -0.39 is 0 Å². The molecule has 2 saturated heterocycles. The normalized spacial score (nSPS) is 17.8. The Hall–Kier alpha value is -2.99. The van der Waals surface area contributed by atoms with Gasteiger partial charge in [-0.2, -0.15) is 0 Å². The molecule has 2 aromatic rings. The minimum atomic E-state index is -0.157. The lowest BCUT2D eigenvalue weighted by molar-refractivity contribution is -0.929. The molecule has 0 radical (unpaired) electrons. The number of amides is 3. The van der Waals surface area contributed by atoms with E-state index in [1.807, 2.05) is 17.0 Å². The lowest BCUT2D eigenvalue weighted by Gasteiger charge is -2.37. The molecule has 6 heteroatoms. The smallest absolute Gasteiger partial charge is 0.229 e. The molecule has 30 heavy (non-hydrogen) atoms. The van der Waals surface area contributed by atoms with Gasteiger partial charge >= 0.3 is 0 Å². The Morgan fingerprint density at radius 1 is 0.833 bits per heavy atom. The van der Waals surface area contributed by atoms with Gasteiger partial charge in [0.05, 0.1) is 26.2 Å². The highest BCUT2D eigenvalue weighted by Gasteiger charge is 2.33. The number of likely N-dealkylation sites (tertiary alicyclic amines) is 1. The van der Waals surface area contributed by atoms with Gasteiger partial charge in [0.25, 0.3) is 0 Å². The van der Waals surface area contributed by atoms with E-state index >= 15 is 0 Å². The van der Waals surface area contributed by atoms with Crippen LogP contribution in [0.25, 0.3) is 0 Å². The second-order valence-corrected chi connectivity index (χ2v) is 7.98. The zero-order valence-electron chi connectivity index (χ0n) is 17.1. The molecule has 3 amide bonds. The molecule has 0 saturated carbocycles. The summed E-state index contributed by atoms with van der Waals surface area (Å²) in [6.45, 7) is 3.31. The molecular weight excluding hydrogens is 378 g/mol. The third-order valence-corrected chi connectivity index (χ3v) is 6.14. The minimum Gasteiger partial charge on any atom is -0.331 e. The van der Waals surface area contributed by atoms with Crippen LogP contribution >= 0.6 is 0 Å². The molecule has 2 aliphatic rings. The van der Waals surface area contributed by atoms with Gasteiger partial charge in [-0.05, 0) is 0 Å². The van der Waals surface area contributed by atoms with E-state index in [0.29, 0.717) is 13.1 Å². The van der Waals surface area contributed by atoms with Crippen LogP contribution in [0.3, 0.4) is 0 Å². The van der Waals surface area contributed by atoms with Crippen LogP contribution in [0.4, 0.5) is 0 Å². The third-order valence-electron chi connectivity index (χ3n) is 6.14. The van der Waals surface area contributed by atoms with Crippen LogP contribution in [0.1, 0.15) is 36.4 Å². The van der Waals surface area contributed by atoms with Crippen molar-refractivity contribution in [2.24, 2.45) is 0 Å². The van der Waals surface area contributed by atoms with Crippen molar-refractivity contribution in [2.45, 2.75) is 25.3 Å². The molecule has 0 atom stereocenters. The molecule has 1 N–H and O–H groups in total. The highest BCUT2D eigenvalue weighted by Crippen LogP contribution is 2.19. The van der Waals surface area contributed by atoms with Crippen LogP contribution in [0.2, 0.25) is 0 Å². The van der Waals surface area contributed by atoms with E-state index in [1.165, 1.54) is 20.9 Å². The van der Waals surface area contributed by atoms with E-state index in [1.54, 1.807) is 0 Å². The number of carbonyl (C=O) groups is 3. The largest absolute Gasteiger partial charge is 0.331 e. The van der Waals surface area contributed by atoms with Crippen molar-refractivity contribution in [1.82, 2.24) is 9.80 Å².